The van der Waals surface area contributed by atoms with Crippen LogP contribution in [0, 0.1) is 0 Å². The van der Waals surface area contributed by atoms with E-state index in [9.17, 15) is 4.79 Å². The van der Waals surface area contributed by atoms with E-state index in [1.165, 1.54) is 0 Å². The summed E-state index contributed by atoms with van der Waals surface area (Å²) in [7, 11) is 0. The molecular weight excluding hydrogens is 216 g/mol. The molecule has 4 heteroatoms. The summed E-state index contributed by atoms with van der Waals surface area (Å²) in [6.07, 6.45) is 3.54. The summed E-state index contributed by atoms with van der Waals surface area (Å²) in [5.74, 6) is -0.0915. The second kappa shape index (κ2) is 6.36. The quantitative estimate of drug-likeness (QED) is 0.760. The molecule has 100 valence electrons. The molecule has 0 aromatic rings. The Balaban J connectivity index is 2.09. The zero-order valence-electron chi connectivity index (χ0n) is 11.4. The third-order valence-corrected chi connectivity index (χ3v) is 2.91. The summed E-state index contributed by atoms with van der Waals surface area (Å²) in [6.45, 7) is 8.81. The fraction of sp³-hybridized carbons (Fsp3) is 0.923. The van der Waals surface area contributed by atoms with Crippen molar-refractivity contribution in [3.63, 3.8) is 0 Å². The molecule has 0 atom stereocenters. The lowest BCUT2D eigenvalue weighted by molar-refractivity contribution is -0.155. The topological polar surface area (TPSA) is 55.6 Å². The van der Waals surface area contributed by atoms with Gasteiger partial charge in [0.05, 0.1) is 0 Å². The van der Waals surface area contributed by atoms with Crippen molar-refractivity contribution in [2.45, 2.75) is 58.1 Å². The van der Waals surface area contributed by atoms with Crippen molar-refractivity contribution >= 4 is 5.97 Å². The van der Waals surface area contributed by atoms with Crippen molar-refractivity contribution in [2.24, 2.45) is 5.73 Å². The largest absolute Gasteiger partial charge is 0.460 e. The molecule has 0 amide bonds. The summed E-state index contributed by atoms with van der Waals surface area (Å²) in [4.78, 5) is 13.9. The van der Waals surface area contributed by atoms with Gasteiger partial charge in [0.2, 0.25) is 0 Å². The Bertz CT molecular complexity index is 240. The smallest absolute Gasteiger partial charge is 0.306 e. The minimum atomic E-state index is -0.366. The summed E-state index contributed by atoms with van der Waals surface area (Å²) < 4.78 is 5.27. The molecule has 0 bridgehead atoms. The first-order valence-electron chi connectivity index (χ1n) is 6.56. The number of carbonyl (C=O) groups excluding carboxylic acids is 1. The highest BCUT2D eigenvalue weighted by Gasteiger charge is 2.18. The van der Waals surface area contributed by atoms with Crippen molar-refractivity contribution in [1.29, 1.82) is 0 Å². The summed E-state index contributed by atoms with van der Waals surface area (Å²) in [5, 5.41) is 0. The van der Waals surface area contributed by atoms with Crippen LogP contribution >= 0.6 is 0 Å². The van der Waals surface area contributed by atoms with Gasteiger partial charge in [-0.15, -0.1) is 0 Å². The lowest BCUT2D eigenvalue weighted by Gasteiger charge is -2.30. The SMILES string of the molecule is CC(C)(C)OC(=O)CCCN1CCC(N)CC1. The van der Waals surface area contributed by atoms with Crippen LogP contribution in [0.4, 0.5) is 0 Å². The third-order valence-electron chi connectivity index (χ3n) is 2.91. The maximum absolute atomic E-state index is 11.5. The Morgan fingerprint density at radius 2 is 1.94 bits per heavy atom. The van der Waals surface area contributed by atoms with Crippen LogP contribution in [-0.4, -0.2) is 42.1 Å². The van der Waals surface area contributed by atoms with Crippen LogP contribution in [0.2, 0.25) is 0 Å². The molecule has 1 rings (SSSR count). The van der Waals surface area contributed by atoms with E-state index in [4.69, 9.17) is 10.5 Å². The molecule has 2 N–H and O–H groups in total. The Labute approximate surface area is 104 Å². The summed E-state index contributed by atoms with van der Waals surface area (Å²) >= 11 is 0. The lowest BCUT2D eigenvalue weighted by atomic mass is 10.1. The maximum Gasteiger partial charge on any atom is 0.306 e. The monoisotopic (exact) mass is 242 g/mol. The molecule has 0 aromatic carbocycles. The van der Waals surface area contributed by atoms with Gasteiger partial charge in [-0.2, -0.15) is 0 Å². The molecule has 1 heterocycles. The van der Waals surface area contributed by atoms with E-state index >= 15 is 0 Å². The predicted molar refractivity (Wildman–Crippen MR) is 68.7 cm³/mol. The van der Waals surface area contributed by atoms with Gasteiger partial charge in [-0.05, 0) is 59.7 Å². The van der Waals surface area contributed by atoms with E-state index in [-0.39, 0.29) is 11.6 Å². The van der Waals surface area contributed by atoms with Gasteiger partial charge in [0, 0.05) is 12.5 Å². The van der Waals surface area contributed by atoms with Crippen molar-refractivity contribution < 1.29 is 9.53 Å². The third kappa shape index (κ3) is 6.64. The molecule has 17 heavy (non-hydrogen) atoms. The van der Waals surface area contributed by atoms with Crippen LogP contribution in [0.1, 0.15) is 46.5 Å². The number of esters is 1. The number of nitrogens with zero attached hydrogens (tertiary/aromatic N) is 1. The van der Waals surface area contributed by atoms with Crippen LogP contribution in [-0.2, 0) is 9.53 Å². The summed E-state index contributed by atoms with van der Waals surface area (Å²) in [5.41, 5.74) is 5.48. The fourth-order valence-electron chi connectivity index (χ4n) is 2.02. The molecule has 0 radical (unpaired) electrons. The second-order valence-electron chi connectivity index (χ2n) is 5.87. The maximum atomic E-state index is 11.5. The fourth-order valence-corrected chi connectivity index (χ4v) is 2.02. The molecule has 4 nitrogen and oxygen atoms in total. The molecular formula is C13H26N2O2. The normalized spacial score (nSPS) is 19.3. The van der Waals surface area contributed by atoms with E-state index in [2.05, 4.69) is 4.90 Å². The number of ether oxygens (including phenoxy) is 1. The average molecular weight is 242 g/mol. The Morgan fingerprint density at radius 3 is 2.47 bits per heavy atom. The zero-order chi connectivity index (χ0) is 12.9. The van der Waals surface area contributed by atoms with E-state index in [1.54, 1.807) is 0 Å². The molecule has 1 aliphatic rings. The molecule has 0 aromatic heterocycles. The highest BCUT2D eigenvalue weighted by Crippen LogP contribution is 2.11. The van der Waals surface area contributed by atoms with Crippen LogP contribution in [0.3, 0.4) is 0 Å². The number of rotatable bonds is 4. The van der Waals surface area contributed by atoms with E-state index in [0.29, 0.717) is 12.5 Å². The van der Waals surface area contributed by atoms with Crippen molar-refractivity contribution in [2.75, 3.05) is 19.6 Å². The predicted octanol–water partition coefficient (Wildman–Crippen LogP) is 1.53. The van der Waals surface area contributed by atoms with Gasteiger partial charge >= 0.3 is 5.97 Å². The van der Waals surface area contributed by atoms with E-state index in [1.807, 2.05) is 20.8 Å². The lowest BCUT2D eigenvalue weighted by Crippen LogP contribution is -2.40. The summed E-state index contributed by atoms with van der Waals surface area (Å²) in [6, 6.07) is 0.372. The molecule has 0 spiro atoms. The minimum absolute atomic E-state index is 0.0915. The number of piperidine rings is 1. The van der Waals surface area contributed by atoms with Crippen LogP contribution in [0.15, 0.2) is 0 Å². The van der Waals surface area contributed by atoms with Gasteiger partial charge < -0.3 is 15.4 Å². The number of carbonyl (C=O) groups is 1. The molecule has 1 saturated heterocycles. The van der Waals surface area contributed by atoms with Crippen molar-refractivity contribution in [3.05, 3.63) is 0 Å². The van der Waals surface area contributed by atoms with Crippen LogP contribution in [0.25, 0.3) is 0 Å². The Kier molecular flexibility index (Phi) is 5.40. The molecule has 0 saturated carbocycles. The Morgan fingerprint density at radius 1 is 1.35 bits per heavy atom. The first-order valence-corrected chi connectivity index (χ1v) is 6.56. The van der Waals surface area contributed by atoms with Crippen LogP contribution < -0.4 is 5.73 Å². The van der Waals surface area contributed by atoms with Gasteiger partial charge in [0.15, 0.2) is 0 Å². The number of hydrogen-bond donors (Lipinski definition) is 1. The number of likely N-dealkylation sites (tertiary alicyclic amines) is 1. The number of hydrogen-bond acceptors (Lipinski definition) is 4. The zero-order valence-corrected chi connectivity index (χ0v) is 11.4. The van der Waals surface area contributed by atoms with Gasteiger partial charge in [0.1, 0.15) is 5.60 Å². The molecule has 0 aliphatic carbocycles. The molecule has 1 aliphatic heterocycles. The standard InChI is InChI=1S/C13H26N2O2/c1-13(2,3)17-12(16)5-4-8-15-9-6-11(14)7-10-15/h11H,4-10,14H2,1-3H3. The first-order chi connectivity index (χ1) is 7.87. The molecule has 0 unspecified atom stereocenters. The van der Waals surface area contributed by atoms with Crippen LogP contribution in [0.5, 0.6) is 0 Å². The minimum Gasteiger partial charge on any atom is -0.460 e. The second-order valence-corrected chi connectivity index (χ2v) is 5.87. The van der Waals surface area contributed by atoms with Crippen molar-refractivity contribution in [1.82, 2.24) is 4.90 Å². The van der Waals surface area contributed by atoms with E-state index in [0.717, 1.165) is 38.9 Å². The van der Waals surface area contributed by atoms with Gasteiger partial charge in [-0.25, -0.2) is 0 Å². The Hall–Kier alpha value is -0.610. The van der Waals surface area contributed by atoms with E-state index < -0.39 is 0 Å². The first kappa shape index (κ1) is 14.5. The average Bonchev–Trinajstić information content (AvgIpc) is 2.18. The van der Waals surface area contributed by atoms with Gasteiger partial charge in [0.25, 0.3) is 0 Å². The van der Waals surface area contributed by atoms with Crippen molar-refractivity contribution in [3.8, 4) is 0 Å². The number of nitrogens with two attached hydrogens (primary N) is 1. The van der Waals surface area contributed by atoms with Gasteiger partial charge in [-0.3, -0.25) is 4.79 Å². The van der Waals surface area contributed by atoms with Gasteiger partial charge in [-0.1, -0.05) is 0 Å². The highest BCUT2D eigenvalue weighted by molar-refractivity contribution is 5.69. The molecule has 1 fully saturated rings. The highest BCUT2D eigenvalue weighted by atomic mass is 16.6.